The van der Waals surface area contributed by atoms with Gasteiger partial charge in [-0.25, -0.2) is 0 Å². The normalized spacial score (nSPS) is 25.4. The summed E-state index contributed by atoms with van der Waals surface area (Å²) in [5.74, 6) is 0.239. The van der Waals surface area contributed by atoms with Crippen LogP contribution in [0.3, 0.4) is 0 Å². The van der Waals surface area contributed by atoms with Crippen LogP contribution in [0.15, 0.2) is 30.3 Å². The van der Waals surface area contributed by atoms with Gasteiger partial charge in [0.25, 0.3) is 0 Å². The van der Waals surface area contributed by atoms with E-state index in [1.54, 1.807) is 0 Å². The molecule has 1 aromatic rings. The molecule has 0 aromatic heterocycles. The van der Waals surface area contributed by atoms with Gasteiger partial charge in [-0.3, -0.25) is 4.79 Å². The fourth-order valence-electron chi connectivity index (χ4n) is 2.45. The van der Waals surface area contributed by atoms with E-state index in [-0.39, 0.29) is 24.5 Å². The maximum absolute atomic E-state index is 12.3. The second kappa shape index (κ2) is 5.72. The third-order valence-electron chi connectivity index (χ3n) is 3.45. The Morgan fingerprint density at radius 1 is 1.44 bits per heavy atom. The molecule has 0 amide bonds. The van der Waals surface area contributed by atoms with Crippen molar-refractivity contribution in [2.24, 2.45) is 5.92 Å². The number of quaternary nitrogens is 1. The van der Waals surface area contributed by atoms with Crippen LogP contribution in [0.4, 0.5) is 0 Å². The number of carbonyl (C=O) groups excluding carboxylic acids is 1. The van der Waals surface area contributed by atoms with E-state index >= 15 is 0 Å². The lowest BCUT2D eigenvalue weighted by atomic mass is 9.93. The summed E-state index contributed by atoms with van der Waals surface area (Å²) in [4.78, 5) is 12.3. The lowest BCUT2D eigenvalue weighted by Crippen LogP contribution is -3.00. The van der Waals surface area contributed by atoms with Crippen molar-refractivity contribution in [2.45, 2.75) is 31.8 Å². The molecule has 2 atom stereocenters. The highest BCUT2D eigenvalue weighted by Gasteiger charge is 2.62. The van der Waals surface area contributed by atoms with Gasteiger partial charge >= 0.3 is 5.97 Å². The molecule has 3 nitrogen and oxygen atoms in total. The summed E-state index contributed by atoms with van der Waals surface area (Å²) in [5, 5.41) is 0. The lowest BCUT2D eigenvalue weighted by molar-refractivity contribution is -0.373. The summed E-state index contributed by atoms with van der Waals surface area (Å²) < 4.78 is 5.40. The third-order valence-corrected chi connectivity index (χ3v) is 3.45. The zero-order valence-corrected chi connectivity index (χ0v) is 11.6. The second-order valence-corrected chi connectivity index (χ2v) is 4.98. The van der Waals surface area contributed by atoms with E-state index in [4.69, 9.17) is 4.74 Å². The van der Waals surface area contributed by atoms with E-state index in [1.165, 1.54) is 0 Å². The minimum Gasteiger partial charge on any atom is -1.00 e. The van der Waals surface area contributed by atoms with Crippen LogP contribution in [-0.4, -0.2) is 18.6 Å². The zero-order valence-electron chi connectivity index (χ0n) is 10.9. The average Bonchev–Trinajstić information content (AvgIpc) is 3.05. The summed E-state index contributed by atoms with van der Waals surface area (Å²) in [6.45, 7) is 4.55. The Balaban J connectivity index is 0.00000162. The minimum atomic E-state index is -0.423. The first-order valence-corrected chi connectivity index (χ1v) is 6.17. The first-order valence-electron chi connectivity index (χ1n) is 6.17. The molecule has 0 unspecified atom stereocenters. The number of carbonyl (C=O) groups is 1. The van der Waals surface area contributed by atoms with Crippen molar-refractivity contribution >= 4 is 5.97 Å². The molecule has 100 valence electrons. The van der Waals surface area contributed by atoms with E-state index in [0.717, 1.165) is 18.5 Å². The fourth-order valence-corrected chi connectivity index (χ4v) is 2.45. The van der Waals surface area contributed by atoms with Gasteiger partial charge in [0.15, 0.2) is 0 Å². The predicted octanol–water partition coefficient (Wildman–Crippen LogP) is -1.86. The Hall–Kier alpha value is -1.06. The molecule has 0 radical (unpaired) electrons. The average molecular weight is 270 g/mol. The number of halogens is 1. The van der Waals surface area contributed by atoms with Crippen molar-refractivity contribution in [2.75, 3.05) is 6.54 Å². The highest BCUT2D eigenvalue weighted by molar-refractivity contribution is 5.87. The smallest absolute Gasteiger partial charge is 0.317 e. The summed E-state index contributed by atoms with van der Waals surface area (Å²) in [5.41, 5.74) is 4.57. The largest absolute Gasteiger partial charge is 1.00 e. The summed E-state index contributed by atoms with van der Waals surface area (Å²) in [6.07, 6.45) is 0.806. The van der Waals surface area contributed by atoms with Gasteiger partial charge in [0.1, 0.15) is 5.41 Å². The van der Waals surface area contributed by atoms with Crippen molar-refractivity contribution in [3.8, 4) is 0 Å². The molecule has 1 saturated carbocycles. The molecule has 3 N–H and O–H groups in total. The molecule has 1 aliphatic carbocycles. The molecular formula is C14H20ClNO2. The van der Waals surface area contributed by atoms with Gasteiger partial charge in [0.2, 0.25) is 0 Å². The Labute approximate surface area is 114 Å². The van der Waals surface area contributed by atoms with Crippen LogP contribution in [0.1, 0.15) is 25.8 Å². The number of benzene rings is 1. The van der Waals surface area contributed by atoms with Crippen molar-refractivity contribution in [1.82, 2.24) is 0 Å². The van der Waals surface area contributed by atoms with E-state index in [1.807, 2.05) is 44.2 Å². The van der Waals surface area contributed by atoms with Gasteiger partial charge in [0.05, 0.1) is 12.6 Å². The summed E-state index contributed by atoms with van der Waals surface area (Å²) in [7, 11) is 0. The van der Waals surface area contributed by atoms with Crippen LogP contribution in [0.5, 0.6) is 0 Å². The van der Waals surface area contributed by atoms with Gasteiger partial charge in [-0.15, -0.1) is 0 Å². The van der Waals surface area contributed by atoms with Crippen molar-refractivity contribution < 1.29 is 27.7 Å². The summed E-state index contributed by atoms with van der Waals surface area (Å²) >= 11 is 0. The van der Waals surface area contributed by atoms with Gasteiger partial charge in [-0.05, 0) is 25.8 Å². The first kappa shape index (κ1) is 15.0. The van der Waals surface area contributed by atoms with Crippen molar-refractivity contribution in [3.05, 3.63) is 35.9 Å². The van der Waals surface area contributed by atoms with Gasteiger partial charge in [-0.1, -0.05) is 30.3 Å². The highest BCUT2D eigenvalue weighted by Crippen LogP contribution is 2.54. The number of ether oxygens (including phenoxy) is 1. The van der Waals surface area contributed by atoms with Gasteiger partial charge < -0.3 is 22.9 Å². The van der Waals surface area contributed by atoms with E-state index in [9.17, 15) is 4.79 Å². The number of rotatable bonds is 4. The predicted molar refractivity (Wildman–Crippen MR) is 65.2 cm³/mol. The molecule has 0 aliphatic heterocycles. The molecule has 0 spiro atoms. The molecule has 18 heavy (non-hydrogen) atoms. The van der Waals surface area contributed by atoms with Crippen LogP contribution < -0.4 is 18.1 Å². The number of hydrogen-bond donors (Lipinski definition) is 1. The van der Waals surface area contributed by atoms with Crippen LogP contribution in [0, 0.1) is 5.92 Å². The Bertz CT molecular complexity index is 408. The second-order valence-electron chi connectivity index (χ2n) is 4.98. The van der Waals surface area contributed by atoms with Crippen LogP contribution in [-0.2, 0) is 14.9 Å². The van der Waals surface area contributed by atoms with E-state index in [0.29, 0.717) is 5.92 Å². The molecule has 0 bridgehead atoms. The molecule has 0 heterocycles. The lowest BCUT2D eigenvalue weighted by Gasteiger charge is -2.18. The molecule has 1 aromatic carbocycles. The molecule has 0 saturated heterocycles. The molecule has 1 fully saturated rings. The highest BCUT2D eigenvalue weighted by atomic mass is 35.5. The fraction of sp³-hybridized carbons (Fsp3) is 0.500. The Kier molecular flexibility index (Phi) is 4.77. The quantitative estimate of drug-likeness (QED) is 0.652. The maximum atomic E-state index is 12.3. The molecule has 2 rings (SSSR count). The zero-order chi connectivity index (χ0) is 12.5. The Morgan fingerprint density at radius 3 is 2.50 bits per heavy atom. The summed E-state index contributed by atoms with van der Waals surface area (Å²) in [6, 6.07) is 9.93. The van der Waals surface area contributed by atoms with Crippen LogP contribution in [0.25, 0.3) is 0 Å². The first-order chi connectivity index (χ1) is 8.11. The van der Waals surface area contributed by atoms with Crippen molar-refractivity contribution in [1.29, 1.82) is 0 Å². The standard InChI is InChI=1S/C14H19NO2.ClH/c1-10(2)17-13(16)14(8-12(14)9-15)11-6-4-3-5-7-11;/h3-7,10,12H,8-9,15H2,1-2H3;1H/t12-,14+;/m1./s1. The SMILES string of the molecule is CC(C)OC(=O)[C@]1(c2ccccc2)C[C@@H]1C[NH3+].[Cl-]. The molecule has 1 aliphatic rings. The topological polar surface area (TPSA) is 53.9 Å². The van der Waals surface area contributed by atoms with E-state index < -0.39 is 5.41 Å². The van der Waals surface area contributed by atoms with Crippen LogP contribution in [0.2, 0.25) is 0 Å². The molecule has 4 heteroatoms. The van der Waals surface area contributed by atoms with Crippen LogP contribution >= 0.6 is 0 Å². The van der Waals surface area contributed by atoms with Gasteiger partial charge in [-0.2, -0.15) is 0 Å². The van der Waals surface area contributed by atoms with E-state index in [2.05, 4.69) is 5.73 Å². The van der Waals surface area contributed by atoms with Crippen molar-refractivity contribution in [3.63, 3.8) is 0 Å². The minimum absolute atomic E-state index is 0. The monoisotopic (exact) mass is 269 g/mol. The maximum Gasteiger partial charge on any atom is 0.317 e. The number of hydrogen-bond acceptors (Lipinski definition) is 2. The van der Waals surface area contributed by atoms with Gasteiger partial charge in [0, 0.05) is 5.92 Å². The third kappa shape index (κ3) is 2.52. The Morgan fingerprint density at radius 2 is 2.06 bits per heavy atom. The number of esters is 1. The molecular weight excluding hydrogens is 250 g/mol.